The second-order valence-electron chi connectivity index (χ2n) is 18.2. The highest BCUT2D eigenvalue weighted by atomic mass is 35.5. The van der Waals surface area contributed by atoms with Crippen LogP contribution in [0.3, 0.4) is 0 Å². The van der Waals surface area contributed by atoms with E-state index < -0.39 is 5.41 Å². The Morgan fingerprint density at radius 1 is 0.439 bits per heavy atom. The summed E-state index contributed by atoms with van der Waals surface area (Å²) in [5.41, 5.74) is 24.8. The van der Waals surface area contributed by atoms with Crippen molar-refractivity contribution in [2.75, 3.05) is 4.90 Å². The van der Waals surface area contributed by atoms with Crippen LogP contribution < -0.4 is 4.90 Å². The van der Waals surface area contributed by atoms with Crippen molar-refractivity contribution < 1.29 is 0 Å². The summed E-state index contributed by atoms with van der Waals surface area (Å²) in [5.74, 6) is 0. The average molecular weight is 865 g/mol. The average Bonchev–Trinajstić information content (AvgIpc) is 3.92. The molecule has 0 amide bonds. The van der Waals surface area contributed by atoms with E-state index >= 15 is 0 Å². The number of fused-ring (bicyclic) bond motifs is 13. The first kappa shape index (κ1) is 39.8. The van der Waals surface area contributed by atoms with Gasteiger partial charge in [-0.25, -0.2) is 0 Å². The molecule has 9 aromatic rings. The zero-order chi connectivity index (χ0) is 44.7. The molecule has 0 saturated carbocycles. The molecule has 314 valence electrons. The molecular formula is C64H46ClN. The monoisotopic (exact) mass is 863 g/mol. The van der Waals surface area contributed by atoms with Gasteiger partial charge in [0.05, 0.1) is 5.41 Å². The topological polar surface area (TPSA) is 3.24 Å². The fourth-order valence-corrected chi connectivity index (χ4v) is 11.8. The second kappa shape index (κ2) is 15.2. The molecule has 0 bridgehead atoms. The number of allylic oxidation sites excluding steroid dienone is 4. The maximum Gasteiger partial charge on any atom is 0.0726 e. The highest BCUT2D eigenvalue weighted by Crippen LogP contribution is 2.65. The number of halogens is 1. The Hall–Kier alpha value is -7.71. The molecule has 0 saturated heterocycles. The zero-order valence-corrected chi connectivity index (χ0v) is 37.8. The minimum absolute atomic E-state index is 0.127. The smallest absolute Gasteiger partial charge is 0.0726 e. The summed E-state index contributed by atoms with van der Waals surface area (Å²) in [6, 6.07) is 73.6. The van der Waals surface area contributed by atoms with Gasteiger partial charge in [-0.3, -0.25) is 0 Å². The third kappa shape index (κ3) is 5.73. The van der Waals surface area contributed by atoms with Crippen LogP contribution in [-0.4, -0.2) is 0 Å². The van der Waals surface area contributed by atoms with Crippen LogP contribution in [-0.2, 0) is 10.8 Å². The molecule has 0 aromatic heterocycles. The summed E-state index contributed by atoms with van der Waals surface area (Å²) in [6.07, 6.45) is 5.83. The molecule has 0 aliphatic heterocycles. The number of hydrogen-bond donors (Lipinski definition) is 0. The van der Waals surface area contributed by atoms with Crippen LogP contribution in [0.15, 0.2) is 232 Å². The van der Waals surface area contributed by atoms with Crippen molar-refractivity contribution in [2.45, 2.75) is 24.7 Å². The molecule has 1 nitrogen and oxygen atoms in total. The van der Waals surface area contributed by atoms with Gasteiger partial charge in [0.1, 0.15) is 0 Å². The number of anilines is 3. The van der Waals surface area contributed by atoms with E-state index in [1.807, 2.05) is 18.2 Å². The Bertz CT molecular complexity index is 3480. The van der Waals surface area contributed by atoms with Crippen LogP contribution in [0, 0.1) is 0 Å². The highest BCUT2D eigenvalue weighted by molar-refractivity contribution is 6.31. The van der Waals surface area contributed by atoms with Gasteiger partial charge in [0.15, 0.2) is 0 Å². The van der Waals surface area contributed by atoms with Gasteiger partial charge in [-0.05, 0) is 149 Å². The van der Waals surface area contributed by atoms with Gasteiger partial charge in [0.2, 0.25) is 0 Å². The van der Waals surface area contributed by atoms with Crippen molar-refractivity contribution in [1.82, 2.24) is 0 Å². The van der Waals surface area contributed by atoms with Crippen molar-refractivity contribution in [3.63, 3.8) is 0 Å². The quantitative estimate of drug-likeness (QED) is 0.138. The summed E-state index contributed by atoms with van der Waals surface area (Å²) in [5, 5.41) is 0.725. The van der Waals surface area contributed by atoms with Gasteiger partial charge in [-0.15, -0.1) is 0 Å². The van der Waals surface area contributed by atoms with Crippen molar-refractivity contribution in [2.24, 2.45) is 0 Å². The van der Waals surface area contributed by atoms with E-state index in [2.05, 4.69) is 232 Å². The summed E-state index contributed by atoms with van der Waals surface area (Å²) >= 11 is 7.00. The molecular weight excluding hydrogens is 818 g/mol. The van der Waals surface area contributed by atoms with Crippen LogP contribution in [0.25, 0.3) is 61.2 Å². The first-order chi connectivity index (χ1) is 32.3. The van der Waals surface area contributed by atoms with E-state index in [-0.39, 0.29) is 5.41 Å². The van der Waals surface area contributed by atoms with Crippen LogP contribution in [0.4, 0.5) is 17.1 Å². The highest BCUT2D eigenvalue weighted by Gasteiger charge is 2.53. The van der Waals surface area contributed by atoms with Gasteiger partial charge in [-0.2, -0.15) is 0 Å². The molecule has 0 radical (unpaired) electrons. The predicted molar refractivity (Wildman–Crippen MR) is 279 cm³/mol. The van der Waals surface area contributed by atoms with E-state index in [0.717, 1.165) is 38.8 Å². The summed E-state index contributed by atoms with van der Waals surface area (Å²) in [7, 11) is 0. The fraction of sp³-hybridized carbons (Fsp3) is 0.0625. The molecule has 0 N–H and O–H groups in total. The van der Waals surface area contributed by atoms with Gasteiger partial charge in [-0.1, -0.05) is 208 Å². The third-order valence-corrected chi connectivity index (χ3v) is 14.8. The predicted octanol–water partition coefficient (Wildman–Crippen LogP) is 17.5. The Labute approximate surface area is 393 Å². The van der Waals surface area contributed by atoms with E-state index in [1.165, 1.54) is 83.5 Å². The third-order valence-electron chi connectivity index (χ3n) is 14.5. The first-order valence-corrected chi connectivity index (χ1v) is 23.1. The molecule has 1 unspecified atom stereocenters. The maximum atomic E-state index is 7.00. The van der Waals surface area contributed by atoms with Crippen molar-refractivity contribution in [1.29, 1.82) is 0 Å². The number of rotatable bonds is 8. The van der Waals surface area contributed by atoms with Gasteiger partial charge in [0, 0.05) is 27.5 Å². The zero-order valence-electron chi connectivity index (χ0n) is 37.0. The maximum absolute atomic E-state index is 7.00. The number of nitrogens with zero attached hydrogens (tertiary/aromatic N) is 1. The van der Waals surface area contributed by atoms with Gasteiger partial charge < -0.3 is 4.90 Å². The molecule has 3 aliphatic rings. The van der Waals surface area contributed by atoms with Crippen molar-refractivity contribution in [3.8, 4) is 55.6 Å². The van der Waals surface area contributed by atoms with Crippen molar-refractivity contribution >= 4 is 34.2 Å². The summed E-state index contributed by atoms with van der Waals surface area (Å²) < 4.78 is 0. The minimum Gasteiger partial charge on any atom is -0.310 e. The van der Waals surface area contributed by atoms with E-state index in [0.29, 0.717) is 0 Å². The van der Waals surface area contributed by atoms with Crippen molar-refractivity contribution in [3.05, 3.63) is 276 Å². The normalized spacial score (nSPS) is 15.6. The van der Waals surface area contributed by atoms with Gasteiger partial charge >= 0.3 is 0 Å². The summed E-state index contributed by atoms with van der Waals surface area (Å²) in [6.45, 7) is 12.9. The lowest BCUT2D eigenvalue weighted by Gasteiger charge is -2.31. The van der Waals surface area contributed by atoms with E-state index in [9.17, 15) is 0 Å². The molecule has 2 heteroatoms. The molecule has 0 heterocycles. The lowest BCUT2D eigenvalue weighted by Crippen LogP contribution is -2.26. The van der Waals surface area contributed by atoms with Crippen LogP contribution in [0.5, 0.6) is 0 Å². The minimum atomic E-state index is -0.572. The molecule has 66 heavy (non-hydrogen) atoms. The number of benzene rings is 9. The van der Waals surface area contributed by atoms with E-state index in [1.54, 1.807) is 0 Å². The lowest BCUT2D eigenvalue weighted by atomic mass is 9.70. The molecule has 1 atom stereocenters. The van der Waals surface area contributed by atoms with Gasteiger partial charge in [0.25, 0.3) is 0 Å². The first-order valence-electron chi connectivity index (χ1n) is 22.8. The molecule has 3 aliphatic carbocycles. The molecule has 12 rings (SSSR count). The Kier molecular flexibility index (Phi) is 9.18. The fourth-order valence-electron chi connectivity index (χ4n) is 11.6. The Morgan fingerprint density at radius 2 is 0.985 bits per heavy atom. The SMILES string of the molecule is C=C/C=C(\C=C)c1cccc2c1-c1ccccc1C21c2cc(Cl)ccc2-c2c(-c3ccc(N(c4ccc(-c5ccccc5)cc4)c4ccc5c(c4)C(C)(C)c4ccccc4-5)cc3)cccc21. The Balaban J connectivity index is 1.02. The molecule has 1 spiro atoms. The summed E-state index contributed by atoms with van der Waals surface area (Å²) in [4.78, 5) is 2.40. The standard InChI is InChI=1S/C64H46ClN/c1-5-16-41(6-2)49-21-14-25-57-61(49)53-20-11-13-24-56(53)64(57)58-26-15-22-50(62(58)54-37-31-45(65)39-60(54)64)44-29-34-47(35-30-44)66(46-32-27-43(28-33-46)42-17-8-7-9-18-42)48-36-38-52-51-19-10-12-23-55(51)63(3,4)59(52)40-48/h5-40H,1-2H2,3-4H3/b41-16+. The van der Waals surface area contributed by atoms with Crippen LogP contribution >= 0.6 is 11.6 Å². The second-order valence-corrected chi connectivity index (χ2v) is 18.6. The van der Waals surface area contributed by atoms with Crippen LogP contribution in [0.2, 0.25) is 5.02 Å². The Morgan fingerprint density at radius 3 is 1.71 bits per heavy atom. The lowest BCUT2D eigenvalue weighted by molar-refractivity contribution is 0.660. The largest absolute Gasteiger partial charge is 0.310 e. The van der Waals surface area contributed by atoms with E-state index in [4.69, 9.17) is 11.6 Å². The number of hydrogen-bond acceptors (Lipinski definition) is 1. The van der Waals surface area contributed by atoms with Crippen LogP contribution in [0.1, 0.15) is 52.8 Å². The molecule has 9 aromatic carbocycles. The molecule has 0 fully saturated rings.